The van der Waals surface area contributed by atoms with Gasteiger partial charge in [-0.25, -0.2) is 4.79 Å². The van der Waals surface area contributed by atoms with E-state index in [9.17, 15) is 14.4 Å². The summed E-state index contributed by atoms with van der Waals surface area (Å²) in [5, 5.41) is 5.76. The van der Waals surface area contributed by atoms with Crippen LogP contribution in [0.2, 0.25) is 15.1 Å². The third-order valence-electron chi connectivity index (χ3n) is 4.06. The van der Waals surface area contributed by atoms with Gasteiger partial charge in [0.1, 0.15) is 6.04 Å². The summed E-state index contributed by atoms with van der Waals surface area (Å²) in [4.78, 5) is 36.8. The lowest BCUT2D eigenvalue weighted by Gasteiger charge is -2.21. The first-order valence-electron chi connectivity index (χ1n) is 9.11. The number of hydrogen-bond donors (Lipinski definition) is 2. The molecule has 0 saturated heterocycles. The Labute approximate surface area is 189 Å². The molecule has 0 spiro atoms. The Kier molecular flexibility index (Phi) is 8.96. The predicted octanol–water partition coefficient (Wildman–Crippen LogP) is 4.51. The lowest BCUT2D eigenvalue weighted by molar-refractivity contribution is -0.151. The molecule has 0 bridgehead atoms. The van der Waals surface area contributed by atoms with Crippen LogP contribution in [0.5, 0.6) is 0 Å². The zero-order valence-corrected chi connectivity index (χ0v) is 18.6. The molecule has 0 aliphatic carbocycles. The first kappa shape index (κ1) is 24.0. The summed E-state index contributed by atoms with van der Waals surface area (Å²) in [6.07, 6.45) is 0.130. The molecule has 160 valence electrons. The van der Waals surface area contributed by atoms with E-state index in [0.717, 1.165) is 5.56 Å². The van der Waals surface area contributed by atoms with Gasteiger partial charge in [-0.05, 0) is 23.6 Å². The van der Waals surface area contributed by atoms with E-state index in [1.54, 1.807) is 13.8 Å². The van der Waals surface area contributed by atoms with E-state index in [1.165, 1.54) is 12.1 Å². The third-order valence-corrected chi connectivity index (χ3v) is 4.88. The Bertz CT molecular complexity index is 897. The summed E-state index contributed by atoms with van der Waals surface area (Å²) >= 11 is 17.9. The molecule has 2 aromatic rings. The topological polar surface area (TPSA) is 84.5 Å². The van der Waals surface area contributed by atoms with Crippen molar-refractivity contribution >= 4 is 58.3 Å². The molecule has 0 aliphatic heterocycles. The van der Waals surface area contributed by atoms with Crippen LogP contribution in [-0.2, 0) is 25.5 Å². The number of esters is 1. The first-order chi connectivity index (χ1) is 14.2. The number of halogens is 3. The van der Waals surface area contributed by atoms with Gasteiger partial charge in [-0.1, -0.05) is 79.0 Å². The van der Waals surface area contributed by atoms with Crippen molar-refractivity contribution in [3.05, 3.63) is 63.1 Å². The fourth-order valence-corrected chi connectivity index (χ4v) is 3.48. The Morgan fingerprint density at radius 3 is 2.13 bits per heavy atom. The monoisotopic (exact) mass is 470 g/mol. The molecule has 30 heavy (non-hydrogen) atoms. The average molecular weight is 472 g/mol. The van der Waals surface area contributed by atoms with Crippen LogP contribution in [0.15, 0.2) is 42.5 Å². The van der Waals surface area contributed by atoms with Gasteiger partial charge in [0.15, 0.2) is 6.61 Å². The molecule has 0 radical (unpaired) electrons. The van der Waals surface area contributed by atoms with Crippen LogP contribution in [0.1, 0.15) is 19.4 Å². The molecule has 0 fully saturated rings. The van der Waals surface area contributed by atoms with Gasteiger partial charge in [-0.3, -0.25) is 9.59 Å². The van der Waals surface area contributed by atoms with Crippen LogP contribution < -0.4 is 10.6 Å². The lowest BCUT2D eigenvalue weighted by Crippen LogP contribution is -2.46. The van der Waals surface area contributed by atoms with Gasteiger partial charge in [-0.15, -0.1) is 0 Å². The Morgan fingerprint density at radius 2 is 1.57 bits per heavy atom. The predicted molar refractivity (Wildman–Crippen MR) is 118 cm³/mol. The molecule has 2 rings (SSSR count). The summed E-state index contributed by atoms with van der Waals surface area (Å²) in [7, 11) is 0. The Hall–Kier alpha value is -2.28. The smallest absolute Gasteiger partial charge is 0.329 e. The van der Waals surface area contributed by atoms with Gasteiger partial charge in [-0.2, -0.15) is 0 Å². The molecule has 6 nitrogen and oxygen atoms in total. The van der Waals surface area contributed by atoms with Crippen LogP contribution in [0.4, 0.5) is 5.69 Å². The van der Waals surface area contributed by atoms with E-state index in [1.807, 2.05) is 30.3 Å². The van der Waals surface area contributed by atoms with Crippen molar-refractivity contribution in [1.29, 1.82) is 0 Å². The molecule has 2 amide bonds. The highest BCUT2D eigenvalue weighted by atomic mass is 35.5. The van der Waals surface area contributed by atoms with Gasteiger partial charge in [0.2, 0.25) is 5.91 Å². The molecule has 0 saturated carbocycles. The number of nitrogens with one attached hydrogen (secondary N) is 2. The zero-order valence-electron chi connectivity index (χ0n) is 16.4. The second-order valence-corrected chi connectivity index (χ2v) is 8.10. The number of carbonyl (C=O) groups is 3. The number of anilines is 1. The molecule has 1 atom stereocenters. The SMILES string of the molecule is CC(C)[C@H](NC(=O)Cc1ccccc1)C(=O)OCC(=O)Nc1c(Cl)cc(Cl)cc1Cl. The number of ether oxygens (including phenoxy) is 1. The van der Waals surface area contributed by atoms with E-state index in [0.29, 0.717) is 5.02 Å². The number of amides is 2. The summed E-state index contributed by atoms with van der Waals surface area (Å²) in [5.41, 5.74) is 0.988. The molecule has 2 aromatic carbocycles. The van der Waals surface area contributed by atoms with Crippen molar-refractivity contribution in [2.75, 3.05) is 11.9 Å². The largest absolute Gasteiger partial charge is 0.454 e. The van der Waals surface area contributed by atoms with Gasteiger partial charge < -0.3 is 15.4 Å². The van der Waals surface area contributed by atoms with Crippen LogP contribution in [0.25, 0.3) is 0 Å². The van der Waals surface area contributed by atoms with Crippen LogP contribution in [-0.4, -0.2) is 30.4 Å². The van der Waals surface area contributed by atoms with Crippen LogP contribution in [0, 0.1) is 5.92 Å². The molecule has 0 heterocycles. The number of rotatable bonds is 8. The molecular formula is C21H21Cl3N2O4. The van der Waals surface area contributed by atoms with Crippen molar-refractivity contribution in [1.82, 2.24) is 5.32 Å². The number of carbonyl (C=O) groups excluding carboxylic acids is 3. The first-order valence-corrected chi connectivity index (χ1v) is 10.2. The van der Waals surface area contributed by atoms with Gasteiger partial charge in [0.05, 0.1) is 22.2 Å². The van der Waals surface area contributed by atoms with Crippen LogP contribution >= 0.6 is 34.8 Å². The maximum Gasteiger partial charge on any atom is 0.329 e. The molecular weight excluding hydrogens is 451 g/mol. The average Bonchev–Trinajstić information content (AvgIpc) is 2.67. The van der Waals surface area contributed by atoms with E-state index >= 15 is 0 Å². The maximum absolute atomic E-state index is 12.4. The minimum Gasteiger partial charge on any atom is -0.454 e. The summed E-state index contributed by atoms with van der Waals surface area (Å²) in [6, 6.07) is 11.1. The minimum atomic E-state index is -0.892. The zero-order chi connectivity index (χ0) is 22.3. The second kappa shape index (κ2) is 11.2. The van der Waals surface area contributed by atoms with E-state index < -0.39 is 24.5 Å². The van der Waals surface area contributed by atoms with Crippen molar-refractivity contribution in [2.24, 2.45) is 5.92 Å². The summed E-state index contributed by atoms with van der Waals surface area (Å²) in [5.74, 6) is -1.90. The van der Waals surface area contributed by atoms with E-state index in [2.05, 4.69) is 10.6 Å². The molecule has 2 N–H and O–H groups in total. The Morgan fingerprint density at radius 1 is 0.967 bits per heavy atom. The fraction of sp³-hybridized carbons (Fsp3) is 0.286. The van der Waals surface area contributed by atoms with Gasteiger partial charge in [0.25, 0.3) is 5.91 Å². The van der Waals surface area contributed by atoms with Crippen molar-refractivity contribution in [2.45, 2.75) is 26.3 Å². The van der Waals surface area contributed by atoms with E-state index in [-0.39, 0.29) is 34.0 Å². The van der Waals surface area contributed by atoms with Crippen molar-refractivity contribution in [3.63, 3.8) is 0 Å². The molecule has 9 heteroatoms. The third kappa shape index (κ3) is 7.20. The quantitative estimate of drug-likeness (QED) is 0.555. The highest BCUT2D eigenvalue weighted by molar-refractivity contribution is 6.42. The minimum absolute atomic E-state index is 0.130. The highest BCUT2D eigenvalue weighted by Gasteiger charge is 2.26. The molecule has 0 aromatic heterocycles. The standard InChI is InChI=1S/C21H21Cl3N2O4/c1-12(2)19(25-17(27)8-13-6-4-3-5-7-13)21(29)30-11-18(28)26-20-15(23)9-14(22)10-16(20)24/h3-7,9-10,12,19H,8,11H2,1-2H3,(H,25,27)(H,26,28)/t19-/m0/s1. The van der Waals surface area contributed by atoms with Gasteiger partial charge >= 0.3 is 5.97 Å². The van der Waals surface area contributed by atoms with E-state index in [4.69, 9.17) is 39.5 Å². The fourth-order valence-electron chi connectivity index (χ4n) is 2.57. The summed E-state index contributed by atoms with van der Waals surface area (Å²) < 4.78 is 5.08. The maximum atomic E-state index is 12.4. The number of hydrogen-bond acceptors (Lipinski definition) is 4. The summed E-state index contributed by atoms with van der Waals surface area (Å²) in [6.45, 7) is 2.97. The van der Waals surface area contributed by atoms with Crippen molar-refractivity contribution < 1.29 is 19.1 Å². The molecule has 0 aliphatic rings. The lowest BCUT2D eigenvalue weighted by atomic mass is 10.0. The number of benzene rings is 2. The molecule has 0 unspecified atom stereocenters. The normalized spacial score (nSPS) is 11.7. The van der Waals surface area contributed by atoms with Crippen LogP contribution in [0.3, 0.4) is 0 Å². The second-order valence-electron chi connectivity index (χ2n) is 6.85. The van der Waals surface area contributed by atoms with Gasteiger partial charge in [0, 0.05) is 5.02 Å². The van der Waals surface area contributed by atoms with Crippen molar-refractivity contribution in [3.8, 4) is 0 Å². The highest BCUT2D eigenvalue weighted by Crippen LogP contribution is 2.33. The Balaban J connectivity index is 1.92.